The second kappa shape index (κ2) is 4.72. The number of rotatable bonds is 5. The van der Waals surface area contributed by atoms with Crippen LogP contribution in [0.2, 0.25) is 0 Å². The van der Waals surface area contributed by atoms with Gasteiger partial charge in [0.05, 0.1) is 11.3 Å². The highest BCUT2D eigenvalue weighted by Gasteiger charge is 2.62. The van der Waals surface area contributed by atoms with Crippen LogP contribution in [0.25, 0.3) is 0 Å². The van der Waals surface area contributed by atoms with E-state index in [0.29, 0.717) is 11.8 Å². The first-order chi connectivity index (χ1) is 9.44. The minimum Gasteiger partial charge on any atom is -0.459 e. The first kappa shape index (κ1) is 13.9. The predicted molar refractivity (Wildman–Crippen MR) is 69.5 cm³/mol. The Morgan fingerprint density at radius 1 is 1.40 bits per heavy atom. The van der Waals surface area contributed by atoms with Gasteiger partial charge >= 0.3 is 11.9 Å². The highest BCUT2D eigenvalue weighted by atomic mass is 16.7. The zero-order valence-corrected chi connectivity index (χ0v) is 12.3. The molecule has 5 atom stereocenters. The lowest BCUT2D eigenvalue weighted by molar-refractivity contribution is -0.180. The van der Waals surface area contributed by atoms with Crippen molar-refractivity contribution in [3.63, 3.8) is 0 Å². The van der Waals surface area contributed by atoms with Crippen LogP contribution in [-0.4, -0.2) is 30.9 Å². The Hall–Kier alpha value is -1.10. The zero-order chi connectivity index (χ0) is 14.5. The molecule has 0 spiro atoms. The summed E-state index contributed by atoms with van der Waals surface area (Å²) in [6.07, 6.45) is 2.37. The molecule has 1 heterocycles. The van der Waals surface area contributed by atoms with Crippen LogP contribution < -0.4 is 0 Å². The van der Waals surface area contributed by atoms with Gasteiger partial charge in [-0.25, -0.2) is 0 Å². The fourth-order valence-corrected chi connectivity index (χ4v) is 3.64. The number of fused-ring (bicyclic) bond motifs is 1. The Kier molecular flexibility index (Phi) is 3.27. The van der Waals surface area contributed by atoms with Crippen molar-refractivity contribution in [3.05, 3.63) is 0 Å². The third kappa shape index (κ3) is 2.03. The minimum atomic E-state index is -0.483. The molecule has 0 radical (unpaired) electrons. The largest absolute Gasteiger partial charge is 0.459 e. The third-order valence-electron chi connectivity index (χ3n) is 5.30. The molecule has 2 bridgehead atoms. The van der Waals surface area contributed by atoms with Crippen LogP contribution >= 0.6 is 0 Å². The molecule has 5 unspecified atom stereocenters. The van der Waals surface area contributed by atoms with Gasteiger partial charge in [0, 0.05) is 5.92 Å². The van der Waals surface area contributed by atoms with Crippen molar-refractivity contribution in [1.29, 1.82) is 0 Å². The van der Waals surface area contributed by atoms with Gasteiger partial charge in [-0.1, -0.05) is 6.92 Å². The summed E-state index contributed by atoms with van der Waals surface area (Å²) in [4.78, 5) is 23.5. The van der Waals surface area contributed by atoms with Crippen molar-refractivity contribution >= 4 is 11.9 Å². The summed E-state index contributed by atoms with van der Waals surface area (Å²) in [5.41, 5.74) is -0.483. The van der Waals surface area contributed by atoms with Gasteiger partial charge in [-0.05, 0) is 39.0 Å². The molecule has 0 N–H and O–H groups in total. The summed E-state index contributed by atoms with van der Waals surface area (Å²) in [5, 5.41) is 0. The topological polar surface area (TPSA) is 61.8 Å². The number of carbonyl (C=O) groups is 2. The zero-order valence-electron chi connectivity index (χ0n) is 12.3. The van der Waals surface area contributed by atoms with Crippen molar-refractivity contribution in [1.82, 2.24) is 0 Å². The maximum atomic E-state index is 11.9. The van der Waals surface area contributed by atoms with Crippen molar-refractivity contribution < 1.29 is 23.8 Å². The molecule has 5 heteroatoms. The number of ether oxygens (including phenoxy) is 3. The van der Waals surface area contributed by atoms with Gasteiger partial charge < -0.3 is 14.2 Å². The van der Waals surface area contributed by atoms with E-state index in [2.05, 4.69) is 0 Å². The lowest BCUT2D eigenvalue weighted by Crippen LogP contribution is -2.36. The summed E-state index contributed by atoms with van der Waals surface area (Å²) in [6, 6.07) is 0. The number of hydrogen-bond donors (Lipinski definition) is 0. The van der Waals surface area contributed by atoms with E-state index in [0.717, 1.165) is 19.3 Å². The molecule has 0 aromatic heterocycles. The highest BCUT2D eigenvalue weighted by molar-refractivity contribution is 5.77. The molecule has 20 heavy (non-hydrogen) atoms. The molecule has 1 aliphatic heterocycles. The molecule has 1 saturated heterocycles. The number of carbonyl (C=O) groups excluding carboxylic acids is 2. The SMILES string of the molecule is CCC(C)(C)C(=O)OCOC1C2CC3C(=O)OC1C3C2. The van der Waals surface area contributed by atoms with Crippen LogP contribution in [-0.2, 0) is 23.8 Å². The summed E-state index contributed by atoms with van der Waals surface area (Å²) in [5.74, 6) is 0.466. The van der Waals surface area contributed by atoms with Crippen LogP contribution in [0, 0.1) is 23.2 Å². The molecule has 0 aromatic rings. The highest BCUT2D eigenvalue weighted by Crippen LogP contribution is 2.55. The lowest BCUT2D eigenvalue weighted by atomic mass is 9.88. The van der Waals surface area contributed by atoms with Gasteiger partial charge in [0.15, 0.2) is 6.79 Å². The van der Waals surface area contributed by atoms with Gasteiger partial charge in [0.2, 0.25) is 0 Å². The van der Waals surface area contributed by atoms with Crippen molar-refractivity contribution in [3.8, 4) is 0 Å². The standard InChI is InChI=1S/C15H22O5/c1-4-15(2,3)14(17)19-7-18-11-8-5-9-10(6-8)13(16)20-12(9)11/h8-12H,4-7H2,1-3H3. The molecule has 2 saturated carbocycles. The van der Waals surface area contributed by atoms with E-state index in [-0.39, 0.29) is 36.9 Å². The normalized spacial score (nSPS) is 38.1. The lowest BCUT2D eigenvalue weighted by Gasteiger charge is -2.26. The Bertz CT molecular complexity index is 430. The van der Waals surface area contributed by atoms with E-state index in [1.54, 1.807) is 0 Å². The fourth-order valence-electron chi connectivity index (χ4n) is 3.64. The Balaban J connectivity index is 1.51. The monoisotopic (exact) mass is 282 g/mol. The minimum absolute atomic E-state index is 0.0468. The Labute approximate surface area is 118 Å². The second-order valence-electron chi connectivity index (χ2n) is 6.82. The summed E-state index contributed by atoms with van der Waals surface area (Å²) in [7, 11) is 0. The first-order valence-corrected chi connectivity index (χ1v) is 7.43. The van der Waals surface area contributed by atoms with E-state index >= 15 is 0 Å². The molecule has 0 aromatic carbocycles. The van der Waals surface area contributed by atoms with Crippen LogP contribution in [0.4, 0.5) is 0 Å². The average molecular weight is 282 g/mol. The van der Waals surface area contributed by atoms with Gasteiger partial charge in [-0.15, -0.1) is 0 Å². The molecule has 2 aliphatic carbocycles. The molecule has 5 nitrogen and oxygen atoms in total. The summed E-state index contributed by atoms with van der Waals surface area (Å²) >= 11 is 0. The van der Waals surface area contributed by atoms with Crippen molar-refractivity contribution in [2.45, 2.75) is 52.2 Å². The third-order valence-corrected chi connectivity index (χ3v) is 5.30. The van der Waals surface area contributed by atoms with Crippen LogP contribution in [0.3, 0.4) is 0 Å². The number of hydrogen-bond acceptors (Lipinski definition) is 5. The van der Waals surface area contributed by atoms with E-state index in [1.807, 2.05) is 20.8 Å². The van der Waals surface area contributed by atoms with Crippen molar-refractivity contribution in [2.75, 3.05) is 6.79 Å². The van der Waals surface area contributed by atoms with E-state index in [4.69, 9.17) is 14.2 Å². The van der Waals surface area contributed by atoms with E-state index in [9.17, 15) is 9.59 Å². The Morgan fingerprint density at radius 3 is 2.85 bits per heavy atom. The Morgan fingerprint density at radius 2 is 2.15 bits per heavy atom. The van der Waals surface area contributed by atoms with E-state index in [1.165, 1.54) is 0 Å². The molecule has 0 amide bonds. The maximum Gasteiger partial charge on any atom is 0.313 e. The summed E-state index contributed by atoms with van der Waals surface area (Å²) < 4.78 is 16.3. The molecule has 3 aliphatic rings. The smallest absolute Gasteiger partial charge is 0.313 e. The van der Waals surface area contributed by atoms with Gasteiger partial charge in [-0.2, -0.15) is 0 Å². The number of esters is 2. The fraction of sp³-hybridized carbons (Fsp3) is 0.867. The second-order valence-corrected chi connectivity index (χ2v) is 6.82. The van der Waals surface area contributed by atoms with Gasteiger partial charge in [0.25, 0.3) is 0 Å². The molecule has 3 rings (SSSR count). The van der Waals surface area contributed by atoms with Gasteiger partial charge in [0.1, 0.15) is 12.2 Å². The molecular weight excluding hydrogens is 260 g/mol. The van der Waals surface area contributed by atoms with Crippen LogP contribution in [0.5, 0.6) is 0 Å². The molecular formula is C15H22O5. The predicted octanol–water partition coefficient (Wildman–Crippen LogP) is 1.89. The van der Waals surface area contributed by atoms with Crippen LogP contribution in [0.15, 0.2) is 0 Å². The van der Waals surface area contributed by atoms with Gasteiger partial charge in [-0.3, -0.25) is 9.59 Å². The average Bonchev–Trinajstić information content (AvgIpc) is 3.02. The van der Waals surface area contributed by atoms with Crippen LogP contribution in [0.1, 0.15) is 40.0 Å². The first-order valence-electron chi connectivity index (χ1n) is 7.43. The van der Waals surface area contributed by atoms with E-state index < -0.39 is 5.41 Å². The molecule has 112 valence electrons. The molecule has 3 fully saturated rings. The summed E-state index contributed by atoms with van der Waals surface area (Å²) in [6.45, 7) is 5.62. The quantitative estimate of drug-likeness (QED) is 0.569. The maximum absolute atomic E-state index is 11.9. The van der Waals surface area contributed by atoms with Crippen molar-refractivity contribution in [2.24, 2.45) is 23.2 Å².